The van der Waals surface area contributed by atoms with Gasteiger partial charge in [-0.2, -0.15) is 0 Å². The maximum absolute atomic E-state index is 10.8. The standard InChI is InChI=1S/C17H18N2O5/c1-23-15-8-11(2-7-14(15)24-10-16(18)20)9-19-13-5-3-12(4-6-13)17(21)22/h2-8,19H,9-10H2,1H3,(H2,18,20)(H,21,22). The molecule has 7 nitrogen and oxygen atoms in total. The Balaban J connectivity index is 2.01. The number of carboxylic acids is 1. The van der Waals surface area contributed by atoms with Crippen molar-refractivity contribution >= 4 is 17.6 Å². The number of anilines is 1. The smallest absolute Gasteiger partial charge is 0.335 e. The fourth-order valence-corrected chi connectivity index (χ4v) is 2.02. The second-order valence-electron chi connectivity index (χ2n) is 4.98. The number of hydrogen-bond donors (Lipinski definition) is 3. The summed E-state index contributed by atoms with van der Waals surface area (Å²) in [6.07, 6.45) is 0. The zero-order chi connectivity index (χ0) is 17.5. The summed E-state index contributed by atoms with van der Waals surface area (Å²) in [4.78, 5) is 21.6. The van der Waals surface area contributed by atoms with Crippen molar-refractivity contribution in [2.75, 3.05) is 19.0 Å². The van der Waals surface area contributed by atoms with Crippen molar-refractivity contribution in [3.05, 3.63) is 53.6 Å². The van der Waals surface area contributed by atoms with Gasteiger partial charge in [0.15, 0.2) is 18.1 Å². The van der Waals surface area contributed by atoms with Crippen LogP contribution in [-0.2, 0) is 11.3 Å². The molecule has 0 atom stereocenters. The summed E-state index contributed by atoms with van der Waals surface area (Å²) < 4.78 is 10.5. The number of carbonyl (C=O) groups excluding carboxylic acids is 1. The summed E-state index contributed by atoms with van der Waals surface area (Å²) in [5, 5.41) is 12.1. The Bertz CT molecular complexity index is 728. The maximum Gasteiger partial charge on any atom is 0.335 e. The van der Waals surface area contributed by atoms with Gasteiger partial charge in [-0.05, 0) is 42.0 Å². The predicted octanol–water partition coefficient (Wildman–Crippen LogP) is 1.87. The van der Waals surface area contributed by atoms with Crippen LogP contribution in [0.25, 0.3) is 0 Å². The molecule has 0 heterocycles. The third-order valence-corrected chi connectivity index (χ3v) is 3.23. The number of hydrogen-bond acceptors (Lipinski definition) is 5. The number of benzene rings is 2. The number of rotatable bonds is 8. The number of carboxylic acid groups (broad SMARTS) is 1. The minimum Gasteiger partial charge on any atom is -0.493 e. The molecule has 0 unspecified atom stereocenters. The Morgan fingerprint density at radius 2 is 1.83 bits per heavy atom. The predicted molar refractivity (Wildman–Crippen MR) is 88.4 cm³/mol. The SMILES string of the molecule is COc1cc(CNc2ccc(C(=O)O)cc2)ccc1OCC(N)=O. The summed E-state index contributed by atoms with van der Waals surface area (Å²) >= 11 is 0. The molecule has 2 aromatic rings. The minimum atomic E-state index is -0.960. The molecule has 0 aliphatic heterocycles. The summed E-state index contributed by atoms with van der Waals surface area (Å²) in [5.74, 6) is -0.590. The molecule has 0 fully saturated rings. The number of methoxy groups -OCH3 is 1. The van der Waals surface area contributed by atoms with Gasteiger partial charge in [0.1, 0.15) is 0 Å². The first-order chi connectivity index (χ1) is 11.5. The molecule has 126 valence electrons. The van der Waals surface area contributed by atoms with Crippen molar-refractivity contribution in [2.24, 2.45) is 5.73 Å². The first-order valence-electron chi connectivity index (χ1n) is 7.15. The van der Waals surface area contributed by atoms with Gasteiger partial charge in [0, 0.05) is 12.2 Å². The molecule has 0 radical (unpaired) electrons. The summed E-state index contributed by atoms with van der Waals surface area (Å²) in [6, 6.07) is 11.8. The minimum absolute atomic E-state index is 0.218. The number of aromatic carboxylic acids is 1. The molecular weight excluding hydrogens is 312 g/mol. The Kier molecular flexibility index (Phi) is 5.62. The Morgan fingerprint density at radius 1 is 1.12 bits per heavy atom. The van der Waals surface area contributed by atoms with Gasteiger partial charge < -0.3 is 25.6 Å². The van der Waals surface area contributed by atoms with Crippen LogP contribution < -0.4 is 20.5 Å². The molecule has 0 aromatic heterocycles. The van der Waals surface area contributed by atoms with Crippen LogP contribution in [0.1, 0.15) is 15.9 Å². The van der Waals surface area contributed by atoms with E-state index in [9.17, 15) is 9.59 Å². The average Bonchev–Trinajstić information content (AvgIpc) is 2.58. The van der Waals surface area contributed by atoms with E-state index < -0.39 is 11.9 Å². The zero-order valence-corrected chi connectivity index (χ0v) is 13.1. The van der Waals surface area contributed by atoms with Gasteiger partial charge in [-0.25, -0.2) is 4.79 Å². The lowest BCUT2D eigenvalue weighted by atomic mass is 10.1. The molecule has 24 heavy (non-hydrogen) atoms. The van der Waals surface area contributed by atoms with Crippen LogP contribution in [-0.4, -0.2) is 30.7 Å². The largest absolute Gasteiger partial charge is 0.493 e. The number of ether oxygens (including phenoxy) is 2. The molecule has 0 saturated heterocycles. The van der Waals surface area contributed by atoms with Crippen LogP contribution in [0, 0.1) is 0 Å². The van der Waals surface area contributed by atoms with E-state index in [2.05, 4.69) is 5.32 Å². The van der Waals surface area contributed by atoms with Gasteiger partial charge in [-0.1, -0.05) is 6.07 Å². The Labute approximate surface area is 139 Å². The highest BCUT2D eigenvalue weighted by atomic mass is 16.5. The molecule has 1 amide bonds. The Hall–Kier alpha value is -3.22. The number of nitrogens with one attached hydrogen (secondary N) is 1. The number of primary amides is 1. The molecule has 0 bridgehead atoms. The second kappa shape index (κ2) is 7.87. The molecule has 2 aromatic carbocycles. The fraction of sp³-hybridized carbons (Fsp3) is 0.176. The van der Waals surface area contributed by atoms with Crippen molar-refractivity contribution in [1.82, 2.24) is 0 Å². The van der Waals surface area contributed by atoms with E-state index in [1.165, 1.54) is 19.2 Å². The van der Waals surface area contributed by atoms with Crippen molar-refractivity contribution < 1.29 is 24.2 Å². The van der Waals surface area contributed by atoms with Gasteiger partial charge >= 0.3 is 5.97 Å². The van der Waals surface area contributed by atoms with E-state index in [-0.39, 0.29) is 12.2 Å². The van der Waals surface area contributed by atoms with Crippen LogP contribution >= 0.6 is 0 Å². The molecular formula is C17H18N2O5. The highest BCUT2D eigenvalue weighted by molar-refractivity contribution is 5.88. The maximum atomic E-state index is 10.8. The molecule has 4 N–H and O–H groups in total. The van der Waals surface area contributed by atoms with Crippen LogP contribution in [0.2, 0.25) is 0 Å². The molecule has 0 aliphatic rings. The van der Waals surface area contributed by atoms with Crippen molar-refractivity contribution in [1.29, 1.82) is 0 Å². The Morgan fingerprint density at radius 3 is 2.42 bits per heavy atom. The van der Waals surface area contributed by atoms with E-state index in [4.69, 9.17) is 20.3 Å². The monoisotopic (exact) mass is 330 g/mol. The lowest BCUT2D eigenvalue weighted by Gasteiger charge is -2.12. The van der Waals surface area contributed by atoms with E-state index in [1.807, 2.05) is 6.07 Å². The van der Waals surface area contributed by atoms with Gasteiger partial charge in [0.05, 0.1) is 12.7 Å². The normalized spacial score (nSPS) is 10.0. The lowest BCUT2D eigenvalue weighted by Crippen LogP contribution is -2.20. The third kappa shape index (κ3) is 4.64. The van der Waals surface area contributed by atoms with Gasteiger partial charge in [-0.3, -0.25) is 4.79 Å². The molecule has 0 spiro atoms. The topological polar surface area (TPSA) is 111 Å². The highest BCUT2D eigenvalue weighted by Crippen LogP contribution is 2.28. The molecule has 0 aliphatic carbocycles. The van der Waals surface area contributed by atoms with Crippen molar-refractivity contribution in [3.63, 3.8) is 0 Å². The van der Waals surface area contributed by atoms with Crippen LogP contribution in [0.4, 0.5) is 5.69 Å². The third-order valence-electron chi connectivity index (χ3n) is 3.23. The summed E-state index contributed by atoms with van der Waals surface area (Å²) in [7, 11) is 1.51. The fourth-order valence-electron chi connectivity index (χ4n) is 2.02. The first-order valence-corrected chi connectivity index (χ1v) is 7.15. The molecule has 0 saturated carbocycles. The first kappa shape index (κ1) is 17.1. The van der Waals surface area contributed by atoms with Crippen LogP contribution in [0.5, 0.6) is 11.5 Å². The lowest BCUT2D eigenvalue weighted by molar-refractivity contribution is -0.119. The van der Waals surface area contributed by atoms with Gasteiger partial charge in [0.25, 0.3) is 5.91 Å². The molecule has 2 rings (SSSR count). The number of carbonyl (C=O) groups is 2. The van der Waals surface area contributed by atoms with Gasteiger partial charge in [-0.15, -0.1) is 0 Å². The number of amides is 1. The summed E-state index contributed by atoms with van der Waals surface area (Å²) in [5.41, 5.74) is 7.02. The number of nitrogens with two attached hydrogens (primary N) is 1. The quantitative estimate of drug-likeness (QED) is 0.681. The summed E-state index contributed by atoms with van der Waals surface area (Å²) in [6.45, 7) is 0.294. The van der Waals surface area contributed by atoms with Crippen LogP contribution in [0.3, 0.4) is 0 Å². The van der Waals surface area contributed by atoms with Gasteiger partial charge in [0.2, 0.25) is 0 Å². The van der Waals surface area contributed by atoms with E-state index in [1.54, 1.807) is 24.3 Å². The zero-order valence-electron chi connectivity index (χ0n) is 13.1. The van der Waals surface area contributed by atoms with E-state index in [0.717, 1.165) is 11.3 Å². The van der Waals surface area contributed by atoms with Crippen LogP contribution in [0.15, 0.2) is 42.5 Å². The van der Waals surface area contributed by atoms with E-state index in [0.29, 0.717) is 18.0 Å². The van der Waals surface area contributed by atoms with E-state index >= 15 is 0 Å². The highest BCUT2D eigenvalue weighted by Gasteiger charge is 2.07. The average molecular weight is 330 g/mol. The van der Waals surface area contributed by atoms with Crippen molar-refractivity contribution in [3.8, 4) is 11.5 Å². The second-order valence-corrected chi connectivity index (χ2v) is 4.98. The molecule has 7 heteroatoms. The van der Waals surface area contributed by atoms with Crippen molar-refractivity contribution in [2.45, 2.75) is 6.54 Å².